The van der Waals surface area contributed by atoms with Crippen molar-refractivity contribution in [2.45, 2.75) is 26.1 Å². The van der Waals surface area contributed by atoms with Crippen molar-refractivity contribution >= 4 is 33.7 Å². The third kappa shape index (κ3) is 3.72. The first-order chi connectivity index (χ1) is 11.4. The maximum Gasteiger partial charge on any atom is 0.288 e. The van der Waals surface area contributed by atoms with Crippen LogP contribution in [-0.4, -0.2) is 47.2 Å². The van der Waals surface area contributed by atoms with E-state index < -0.39 is 9.84 Å². The van der Waals surface area contributed by atoms with Crippen molar-refractivity contribution in [3.8, 4) is 11.5 Å². The van der Waals surface area contributed by atoms with Gasteiger partial charge in [-0.25, -0.2) is 13.1 Å². The summed E-state index contributed by atoms with van der Waals surface area (Å²) in [4.78, 5) is 2.29. The van der Waals surface area contributed by atoms with Gasteiger partial charge >= 0.3 is 0 Å². The van der Waals surface area contributed by atoms with Crippen LogP contribution in [0.25, 0.3) is 11.5 Å². The van der Waals surface area contributed by atoms with Gasteiger partial charge in [-0.3, -0.25) is 4.90 Å². The molecule has 130 valence electrons. The number of benzene rings is 1. The highest BCUT2D eigenvalue weighted by Gasteiger charge is 2.32. The van der Waals surface area contributed by atoms with Crippen molar-refractivity contribution < 1.29 is 12.8 Å². The Morgan fingerprint density at radius 3 is 2.83 bits per heavy atom. The Morgan fingerprint density at radius 2 is 2.21 bits per heavy atom. The first-order valence-corrected chi connectivity index (χ1v) is 10.3. The summed E-state index contributed by atoms with van der Waals surface area (Å²) < 4.78 is 30.5. The number of sulfone groups is 1. The Labute approximate surface area is 150 Å². The van der Waals surface area contributed by atoms with E-state index in [0.717, 1.165) is 0 Å². The average molecular weight is 388 g/mol. The molecule has 0 bridgehead atoms. The molecule has 1 aliphatic heterocycles. The van der Waals surface area contributed by atoms with E-state index in [1.807, 2.05) is 25.1 Å². The van der Waals surface area contributed by atoms with Crippen LogP contribution in [0, 0.1) is 4.84 Å². The Hall–Kier alpha value is -1.22. The summed E-state index contributed by atoms with van der Waals surface area (Å²) in [5.74, 6) is 0.785. The fraction of sp³-hybridized carbons (Fsp3) is 0.467. The molecule has 24 heavy (non-hydrogen) atoms. The lowest BCUT2D eigenvalue weighted by Crippen LogP contribution is -2.37. The van der Waals surface area contributed by atoms with Crippen molar-refractivity contribution in [2.24, 2.45) is 0 Å². The number of nitrogens with zero attached hydrogens (tertiary/aromatic N) is 3. The van der Waals surface area contributed by atoms with Gasteiger partial charge in [0.25, 0.3) is 4.84 Å². The Balaban J connectivity index is 1.83. The van der Waals surface area contributed by atoms with Gasteiger partial charge in [-0.05, 0) is 37.3 Å². The zero-order chi connectivity index (χ0) is 17.3. The van der Waals surface area contributed by atoms with E-state index in [2.05, 4.69) is 10.00 Å². The summed E-state index contributed by atoms with van der Waals surface area (Å²) in [5.41, 5.74) is 0.676. The van der Waals surface area contributed by atoms with Gasteiger partial charge in [-0.2, -0.15) is 0 Å². The number of hydrogen-bond donors (Lipinski definition) is 0. The van der Waals surface area contributed by atoms with E-state index in [9.17, 15) is 8.42 Å². The number of aromatic nitrogens is 2. The summed E-state index contributed by atoms with van der Waals surface area (Å²) in [7, 11) is -2.93. The normalized spacial score (nSPS) is 19.9. The molecule has 1 atom stereocenters. The zero-order valence-electron chi connectivity index (χ0n) is 13.2. The molecular formula is C15H18ClN3O3S2. The van der Waals surface area contributed by atoms with Crippen LogP contribution in [0.1, 0.15) is 13.3 Å². The van der Waals surface area contributed by atoms with Gasteiger partial charge < -0.3 is 4.42 Å². The third-order valence-corrected chi connectivity index (χ3v) is 6.53. The Bertz CT molecular complexity index is 891. The van der Waals surface area contributed by atoms with E-state index in [0.29, 0.717) is 36.1 Å². The molecule has 1 aromatic heterocycles. The predicted octanol–water partition coefficient (Wildman–Crippen LogP) is 2.99. The second kappa shape index (κ2) is 6.95. The van der Waals surface area contributed by atoms with Crippen molar-refractivity contribution in [3.05, 3.63) is 34.1 Å². The molecule has 0 unspecified atom stereocenters. The maximum atomic E-state index is 11.7. The fourth-order valence-corrected chi connectivity index (χ4v) is 5.00. The van der Waals surface area contributed by atoms with Crippen LogP contribution in [0.2, 0.25) is 5.02 Å². The van der Waals surface area contributed by atoms with Gasteiger partial charge in [0.15, 0.2) is 9.84 Å². The van der Waals surface area contributed by atoms with Crippen LogP contribution in [0.3, 0.4) is 0 Å². The molecule has 6 nitrogen and oxygen atoms in total. The highest BCUT2D eigenvalue weighted by molar-refractivity contribution is 7.91. The highest BCUT2D eigenvalue weighted by Crippen LogP contribution is 2.26. The number of hydrogen-bond acceptors (Lipinski definition) is 6. The van der Waals surface area contributed by atoms with Gasteiger partial charge in [-0.15, -0.1) is 5.10 Å². The van der Waals surface area contributed by atoms with Gasteiger partial charge in [-0.1, -0.05) is 30.7 Å². The maximum absolute atomic E-state index is 11.7. The largest absolute Gasteiger partial charge is 0.409 e. The van der Waals surface area contributed by atoms with Crippen LogP contribution in [0.15, 0.2) is 28.7 Å². The SMILES string of the molecule is CCN(Cn1nc(-c2ccccc2Cl)oc1=S)[C@@H]1CCS(=O)(=O)C1. The minimum absolute atomic E-state index is 0.0117. The second-order valence-corrected chi connectivity index (χ2v) is 8.74. The highest BCUT2D eigenvalue weighted by atomic mass is 35.5. The van der Waals surface area contributed by atoms with Crippen molar-refractivity contribution in [1.82, 2.24) is 14.7 Å². The van der Waals surface area contributed by atoms with Crippen molar-refractivity contribution in [1.29, 1.82) is 0 Å². The van der Waals surface area contributed by atoms with Gasteiger partial charge in [0.1, 0.15) is 0 Å². The van der Waals surface area contributed by atoms with E-state index in [-0.39, 0.29) is 22.4 Å². The second-order valence-electron chi connectivity index (χ2n) is 5.76. The third-order valence-electron chi connectivity index (χ3n) is 4.16. The summed E-state index contributed by atoms with van der Waals surface area (Å²) in [5, 5.41) is 4.94. The molecule has 3 rings (SSSR count). The first kappa shape index (κ1) is 17.6. The van der Waals surface area contributed by atoms with Crippen molar-refractivity contribution in [2.75, 3.05) is 18.1 Å². The molecule has 1 fully saturated rings. The van der Waals surface area contributed by atoms with E-state index in [1.165, 1.54) is 0 Å². The molecule has 0 N–H and O–H groups in total. The molecule has 2 aromatic rings. The number of halogens is 1. The molecule has 0 amide bonds. The first-order valence-electron chi connectivity index (χ1n) is 7.67. The monoisotopic (exact) mass is 387 g/mol. The summed E-state index contributed by atoms with van der Waals surface area (Å²) in [6.07, 6.45) is 0.638. The van der Waals surface area contributed by atoms with Gasteiger partial charge in [0.05, 0.1) is 28.8 Å². The van der Waals surface area contributed by atoms with E-state index >= 15 is 0 Å². The molecule has 1 aromatic carbocycles. The lowest BCUT2D eigenvalue weighted by Gasteiger charge is -2.25. The average Bonchev–Trinajstić information content (AvgIpc) is 3.08. The van der Waals surface area contributed by atoms with E-state index in [1.54, 1.807) is 10.7 Å². The molecule has 9 heteroatoms. The molecule has 2 heterocycles. The quantitative estimate of drug-likeness (QED) is 0.734. The number of rotatable bonds is 5. The predicted molar refractivity (Wildman–Crippen MR) is 95.2 cm³/mol. The lowest BCUT2D eigenvalue weighted by molar-refractivity contribution is 0.162. The molecule has 0 spiro atoms. The molecule has 0 aliphatic carbocycles. The lowest BCUT2D eigenvalue weighted by atomic mass is 10.2. The Kier molecular flexibility index (Phi) is 5.10. The minimum atomic E-state index is -2.93. The summed E-state index contributed by atoms with van der Waals surface area (Å²) in [6, 6.07) is 7.24. The van der Waals surface area contributed by atoms with Crippen LogP contribution < -0.4 is 0 Å². The Morgan fingerprint density at radius 1 is 1.46 bits per heavy atom. The smallest absolute Gasteiger partial charge is 0.288 e. The van der Waals surface area contributed by atoms with Crippen LogP contribution >= 0.6 is 23.8 Å². The molecule has 0 radical (unpaired) electrons. The topological polar surface area (TPSA) is 68.3 Å². The van der Waals surface area contributed by atoms with Crippen LogP contribution in [0.4, 0.5) is 0 Å². The van der Waals surface area contributed by atoms with Crippen molar-refractivity contribution in [3.63, 3.8) is 0 Å². The van der Waals surface area contributed by atoms with Crippen LogP contribution in [-0.2, 0) is 16.5 Å². The molecule has 1 saturated heterocycles. The summed E-state index contributed by atoms with van der Waals surface area (Å²) >= 11 is 11.4. The zero-order valence-corrected chi connectivity index (χ0v) is 15.6. The summed E-state index contributed by atoms with van der Waals surface area (Å²) in [6.45, 7) is 3.09. The minimum Gasteiger partial charge on any atom is -0.409 e. The van der Waals surface area contributed by atoms with E-state index in [4.69, 9.17) is 28.2 Å². The van der Waals surface area contributed by atoms with Gasteiger partial charge in [0.2, 0.25) is 5.89 Å². The van der Waals surface area contributed by atoms with Gasteiger partial charge in [0, 0.05) is 6.04 Å². The van der Waals surface area contributed by atoms with Crippen LogP contribution in [0.5, 0.6) is 0 Å². The molecule has 0 saturated carbocycles. The molecule has 1 aliphatic rings. The standard InChI is InChI=1S/C15H18ClN3O3S2/c1-2-18(11-7-8-24(20,21)9-11)10-19-15(23)22-14(17-19)12-5-3-4-6-13(12)16/h3-6,11H,2,7-10H2,1H3/t11-/m1/s1. The molecular weight excluding hydrogens is 370 g/mol. The fourth-order valence-electron chi connectivity index (χ4n) is 2.85.